The summed E-state index contributed by atoms with van der Waals surface area (Å²) in [5.41, 5.74) is 0.942. The van der Waals surface area contributed by atoms with Gasteiger partial charge in [0.15, 0.2) is 5.75 Å². The van der Waals surface area contributed by atoms with Crippen LogP contribution in [0.5, 0.6) is 5.75 Å². The number of rotatable bonds is 4. The smallest absolute Gasteiger partial charge is 0.311 e. The van der Waals surface area contributed by atoms with Gasteiger partial charge in [0.25, 0.3) is 0 Å². The van der Waals surface area contributed by atoms with Crippen LogP contribution in [-0.2, 0) is 0 Å². The highest BCUT2D eigenvalue weighted by molar-refractivity contribution is 5.60. The molecule has 6 nitrogen and oxygen atoms in total. The Kier molecular flexibility index (Phi) is 4.71. The normalized spacial score (nSPS) is 27.9. The summed E-state index contributed by atoms with van der Waals surface area (Å²) in [5, 5.41) is 21.4. The number of aliphatic hydroxyl groups is 1. The van der Waals surface area contributed by atoms with Crippen LogP contribution in [0, 0.1) is 16.0 Å². The minimum Gasteiger partial charge on any atom is -0.490 e. The lowest BCUT2D eigenvalue weighted by atomic mass is 9.80. The third-order valence-corrected chi connectivity index (χ3v) is 5.27. The third kappa shape index (κ3) is 3.13. The monoisotopic (exact) mass is 320 g/mol. The number of aliphatic hydroxyl groups excluding tert-OH is 1. The second-order valence-corrected chi connectivity index (χ2v) is 6.53. The number of nitro benzene ring substituents is 1. The second-order valence-electron chi connectivity index (χ2n) is 6.53. The highest BCUT2D eigenvalue weighted by Gasteiger charge is 2.37. The summed E-state index contributed by atoms with van der Waals surface area (Å²) >= 11 is 0. The molecule has 3 atom stereocenters. The molecule has 1 heterocycles. The summed E-state index contributed by atoms with van der Waals surface area (Å²) in [4.78, 5) is 12.9. The van der Waals surface area contributed by atoms with Gasteiger partial charge in [0, 0.05) is 36.3 Å². The maximum atomic E-state index is 11.0. The average molecular weight is 320 g/mol. The molecule has 2 fully saturated rings. The zero-order valence-corrected chi connectivity index (χ0v) is 13.5. The Bertz CT molecular complexity index is 578. The van der Waals surface area contributed by atoms with Gasteiger partial charge in [-0.15, -0.1) is 0 Å². The van der Waals surface area contributed by atoms with Crippen LogP contribution < -0.4 is 9.64 Å². The van der Waals surface area contributed by atoms with Crippen LogP contribution in [0.3, 0.4) is 0 Å². The summed E-state index contributed by atoms with van der Waals surface area (Å²) < 4.78 is 5.19. The molecular weight excluding hydrogens is 296 g/mol. The van der Waals surface area contributed by atoms with Crippen molar-refractivity contribution < 1.29 is 14.8 Å². The Morgan fingerprint density at radius 1 is 1.26 bits per heavy atom. The molecule has 1 saturated carbocycles. The molecule has 0 unspecified atom stereocenters. The highest BCUT2D eigenvalue weighted by Crippen LogP contribution is 2.39. The van der Waals surface area contributed by atoms with Crippen LogP contribution in [0.25, 0.3) is 0 Å². The molecule has 1 aromatic carbocycles. The molecule has 126 valence electrons. The highest BCUT2D eigenvalue weighted by atomic mass is 16.6. The second kappa shape index (κ2) is 6.74. The Hall–Kier alpha value is -1.82. The summed E-state index contributed by atoms with van der Waals surface area (Å²) in [6.07, 6.45) is 6.17. The molecule has 1 saturated heterocycles. The molecule has 0 bridgehead atoms. The first kappa shape index (κ1) is 16.1. The zero-order chi connectivity index (χ0) is 16.4. The minimum absolute atomic E-state index is 0.00954. The first-order valence-corrected chi connectivity index (χ1v) is 8.39. The molecule has 3 rings (SSSR count). The van der Waals surface area contributed by atoms with Gasteiger partial charge in [-0.1, -0.05) is 12.8 Å². The fourth-order valence-corrected chi connectivity index (χ4v) is 4.14. The van der Waals surface area contributed by atoms with Crippen LogP contribution in [0.15, 0.2) is 18.2 Å². The fourth-order valence-electron chi connectivity index (χ4n) is 4.14. The largest absolute Gasteiger partial charge is 0.490 e. The maximum absolute atomic E-state index is 11.0. The molecule has 1 N–H and O–H groups in total. The molecule has 1 aromatic rings. The van der Waals surface area contributed by atoms with Gasteiger partial charge >= 0.3 is 5.69 Å². The number of anilines is 1. The first-order valence-electron chi connectivity index (χ1n) is 8.39. The van der Waals surface area contributed by atoms with E-state index < -0.39 is 4.92 Å². The molecule has 2 aliphatic rings. The molecule has 6 heteroatoms. The van der Waals surface area contributed by atoms with Crippen molar-refractivity contribution in [3.63, 3.8) is 0 Å². The van der Waals surface area contributed by atoms with Gasteiger partial charge in [-0.05, 0) is 31.7 Å². The first-order chi connectivity index (χ1) is 11.1. The van der Waals surface area contributed by atoms with Crippen molar-refractivity contribution >= 4 is 11.4 Å². The summed E-state index contributed by atoms with van der Waals surface area (Å²) in [6.45, 7) is 0.925. The molecule has 1 aliphatic carbocycles. The number of hydrogen-bond donors (Lipinski definition) is 1. The van der Waals surface area contributed by atoms with Crippen molar-refractivity contribution in [3.05, 3.63) is 28.3 Å². The minimum atomic E-state index is -0.422. The standard InChI is InChI=1S/C17H24N2O4/c1-23-17-11-12(8-9-15(17)19(21)22)18-10-4-6-14(18)13-5-2-3-7-16(13)20/h8-9,11,13-14,16,20H,2-7,10H2,1H3/t13-,14+,16-/m0/s1. The SMILES string of the molecule is COc1cc(N2CCC[C@@H]2[C@@H]2CCCC[C@@H]2O)ccc1[N+](=O)[O-]. The van der Waals surface area contributed by atoms with Gasteiger partial charge in [-0.2, -0.15) is 0 Å². The van der Waals surface area contributed by atoms with E-state index in [2.05, 4.69) is 4.90 Å². The maximum Gasteiger partial charge on any atom is 0.311 e. The van der Waals surface area contributed by atoms with Crippen LogP contribution in [0.4, 0.5) is 11.4 Å². The van der Waals surface area contributed by atoms with E-state index in [1.54, 1.807) is 12.1 Å². The predicted octanol–water partition coefficient (Wildman–Crippen LogP) is 3.12. The molecule has 0 aromatic heterocycles. The number of nitrogens with zero attached hydrogens (tertiary/aromatic N) is 2. The Balaban J connectivity index is 1.86. The van der Waals surface area contributed by atoms with Crippen molar-refractivity contribution in [2.75, 3.05) is 18.6 Å². The number of nitro groups is 1. The summed E-state index contributed by atoms with van der Waals surface area (Å²) in [5.74, 6) is 0.592. The van der Waals surface area contributed by atoms with Crippen molar-refractivity contribution in [3.8, 4) is 5.75 Å². The van der Waals surface area contributed by atoms with E-state index in [1.165, 1.54) is 19.6 Å². The number of hydrogen-bond acceptors (Lipinski definition) is 5. The molecular formula is C17H24N2O4. The van der Waals surface area contributed by atoms with Crippen LogP contribution >= 0.6 is 0 Å². The van der Waals surface area contributed by atoms with E-state index in [0.717, 1.165) is 44.3 Å². The van der Waals surface area contributed by atoms with E-state index >= 15 is 0 Å². The summed E-state index contributed by atoms with van der Waals surface area (Å²) in [6, 6.07) is 5.39. The van der Waals surface area contributed by atoms with Gasteiger partial charge in [0.2, 0.25) is 0 Å². The van der Waals surface area contributed by atoms with Crippen LogP contribution in [0.2, 0.25) is 0 Å². The van der Waals surface area contributed by atoms with Crippen molar-refractivity contribution in [1.82, 2.24) is 0 Å². The van der Waals surface area contributed by atoms with Gasteiger partial charge in [-0.3, -0.25) is 10.1 Å². The van der Waals surface area contributed by atoms with Crippen molar-refractivity contribution in [1.29, 1.82) is 0 Å². The Morgan fingerprint density at radius 2 is 2.04 bits per heavy atom. The number of ether oxygens (including phenoxy) is 1. The number of benzene rings is 1. The summed E-state index contributed by atoms with van der Waals surface area (Å²) in [7, 11) is 1.46. The van der Waals surface area contributed by atoms with E-state index in [1.807, 2.05) is 0 Å². The van der Waals surface area contributed by atoms with Crippen LogP contribution in [-0.4, -0.2) is 35.8 Å². The molecule has 0 amide bonds. The average Bonchev–Trinajstić information content (AvgIpc) is 3.04. The van der Waals surface area contributed by atoms with Gasteiger partial charge in [0.05, 0.1) is 18.1 Å². The van der Waals surface area contributed by atoms with Gasteiger partial charge in [-0.25, -0.2) is 0 Å². The van der Waals surface area contributed by atoms with Gasteiger partial charge < -0.3 is 14.7 Å². The fraction of sp³-hybridized carbons (Fsp3) is 0.647. The molecule has 1 aliphatic heterocycles. The van der Waals surface area contributed by atoms with Gasteiger partial charge in [0.1, 0.15) is 0 Å². The third-order valence-electron chi connectivity index (χ3n) is 5.27. The predicted molar refractivity (Wildman–Crippen MR) is 88.0 cm³/mol. The quantitative estimate of drug-likeness (QED) is 0.681. The van der Waals surface area contributed by atoms with Crippen molar-refractivity contribution in [2.24, 2.45) is 5.92 Å². The zero-order valence-electron chi connectivity index (χ0n) is 13.5. The van der Waals surface area contributed by atoms with E-state index in [-0.39, 0.29) is 11.8 Å². The van der Waals surface area contributed by atoms with E-state index in [9.17, 15) is 15.2 Å². The lowest BCUT2D eigenvalue weighted by Gasteiger charge is -2.38. The number of methoxy groups -OCH3 is 1. The van der Waals surface area contributed by atoms with E-state index in [0.29, 0.717) is 17.7 Å². The topological polar surface area (TPSA) is 75.8 Å². The Morgan fingerprint density at radius 3 is 2.74 bits per heavy atom. The molecule has 0 spiro atoms. The molecule has 0 radical (unpaired) electrons. The lowest BCUT2D eigenvalue weighted by Crippen LogP contribution is -2.42. The van der Waals surface area contributed by atoms with Crippen molar-refractivity contribution in [2.45, 2.75) is 50.7 Å². The lowest BCUT2D eigenvalue weighted by molar-refractivity contribution is -0.385. The Labute approximate surface area is 136 Å². The van der Waals surface area contributed by atoms with Crippen LogP contribution in [0.1, 0.15) is 38.5 Å². The molecule has 23 heavy (non-hydrogen) atoms. The van der Waals surface area contributed by atoms with E-state index in [4.69, 9.17) is 4.74 Å².